The van der Waals surface area contributed by atoms with Gasteiger partial charge in [-0.25, -0.2) is 8.42 Å². The SMILES string of the molecule is O=C(NCc1ccccc1Cl)C1CN(S(=O)(=O)c2ccccc2Cl)CCO1. The van der Waals surface area contributed by atoms with Crippen LogP contribution in [0.3, 0.4) is 0 Å². The molecule has 0 radical (unpaired) electrons. The second-order valence-electron chi connectivity index (χ2n) is 5.96. The molecule has 3 rings (SSSR count). The van der Waals surface area contributed by atoms with Gasteiger partial charge in [0.2, 0.25) is 10.0 Å². The van der Waals surface area contributed by atoms with Crippen molar-refractivity contribution in [3.63, 3.8) is 0 Å². The maximum atomic E-state index is 12.8. The lowest BCUT2D eigenvalue weighted by molar-refractivity contribution is -0.136. The van der Waals surface area contributed by atoms with Crippen molar-refractivity contribution in [2.45, 2.75) is 17.5 Å². The maximum absolute atomic E-state index is 12.8. The summed E-state index contributed by atoms with van der Waals surface area (Å²) in [4.78, 5) is 12.4. The molecule has 1 aliphatic rings. The highest BCUT2D eigenvalue weighted by molar-refractivity contribution is 7.89. The molecule has 27 heavy (non-hydrogen) atoms. The van der Waals surface area contributed by atoms with Crippen LogP contribution in [0.5, 0.6) is 0 Å². The van der Waals surface area contributed by atoms with E-state index in [1.165, 1.54) is 16.4 Å². The minimum absolute atomic E-state index is 0.0174. The number of ether oxygens (including phenoxy) is 1. The van der Waals surface area contributed by atoms with Crippen LogP contribution in [0.2, 0.25) is 10.0 Å². The predicted octanol–water partition coefficient (Wildman–Crippen LogP) is 2.70. The van der Waals surface area contributed by atoms with Crippen molar-refractivity contribution in [2.24, 2.45) is 0 Å². The molecular formula is C18H18Cl2N2O4S. The monoisotopic (exact) mass is 428 g/mol. The number of nitrogens with zero attached hydrogens (tertiary/aromatic N) is 1. The highest BCUT2D eigenvalue weighted by atomic mass is 35.5. The molecule has 2 aromatic rings. The summed E-state index contributed by atoms with van der Waals surface area (Å²) in [7, 11) is -3.81. The summed E-state index contributed by atoms with van der Waals surface area (Å²) >= 11 is 12.1. The fraction of sp³-hybridized carbons (Fsp3) is 0.278. The Morgan fingerprint density at radius 2 is 1.78 bits per heavy atom. The number of hydrogen-bond acceptors (Lipinski definition) is 4. The van der Waals surface area contributed by atoms with Crippen LogP contribution >= 0.6 is 23.2 Å². The molecule has 0 spiro atoms. The Hall–Kier alpha value is -1.64. The molecule has 1 unspecified atom stereocenters. The Morgan fingerprint density at radius 1 is 1.11 bits per heavy atom. The third kappa shape index (κ3) is 4.62. The number of carbonyl (C=O) groups excluding carboxylic acids is 1. The van der Waals surface area contributed by atoms with E-state index >= 15 is 0 Å². The third-order valence-corrected chi connectivity index (χ3v) is 6.92. The van der Waals surface area contributed by atoms with Crippen LogP contribution in [0, 0.1) is 0 Å². The van der Waals surface area contributed by atoms with Crippen molar-refractivity contribution >= 4 is 39.1 Å². The van der Waals surface area contributed by atoms with E-state index in [4.69, 9.17) is 27.9 Å². The van der Waals surface area contributed by atoms with Crippen molar-refractivity contribution in [3.8, 4) is 0 Å². The molecular weight excluding hydrogens is 411 g/mol. The summed E-state index contributed by atoms with van der Waals surface area (Å²) in [5.74, 6) is -0.394. The van der Waals surface area contributed by atoms with Gasteiger partial charge in [0.25, 0.3) is 5.91 Å². The predicted molar refractivity (Wildman–Crippen MR) is 103 cm³/mol. The molecule has 1 aliphatic heterocycles. The van der Waals surface area contributed by atoms with Crippen LogP contribution in [0.4, 0.5) is 0 Å². The fourth-order valence-electron chi connectivity index (χ4n) is 2.73. The van der Waals surface area contributed by atoms with E-state index in [1.807, 2.05) is 6.07 Å². The lowest BCUT2D eigenvalue weighted by atomic mass is 10.2. The molecule has 0 aliphatic carbocycles. The first-order valence-electron chi connectivity index (χ1n) is 8.27. The van der Waals surface area contributed by atoms with Crippen LogP contribution < -0.4 is 5.32 Å². The molecule has 2 aromatic carbocycles. The maximum Gasteiger partial charge on any atom is 0.250 e. The Morgan fingerprint density at radius 3 is 2.48 bits per heavy atom. The second kappa shape index (κ2) is 8.58. The largest absolute Gasteiger partial charge is 0.366 e. The van der Waals surface area contributed by atoms with Crippen LogP contribution in [-0.2, 0) is 26.1 Å². The summed E-state index contributed by atoms with van der Waals surface area (Å²) < 4.78 is 32.4. The van der Waals surface area contributed by atoms with Gasteiger partial charge in [-0.05, 0) is 23.8 Å². The van der Waals surface area contributed by atoms with Crippen LogP contribution in [0.1, 0.15) is 5.56 Å². The van der Waals surface area contributed by atoms with Gasteiger partial charge in [-0.2, -0.15) is 4.31 Å². The van der Waals surface area contributed by atoms with Crippen LogP contribution in [0.25, 0.3) is 0 Å². The number of halogens is 2. The van der Waals surface area contributed by atoms with E-state index in [9.17, 15) is 13.2 Å². The van der Waals surface area contributed by atoms with Gasteiger partial charge in [0.05, 0.1) is 11.6 Å². The topological polar surface area (TPSA) is 75.7 Å². The molecule has 1 atom stereocenters. The minimum Gasteiger partial charge on any atom is -0.366 e. The summed E-state index contributed by atoms with van der Waals surface area (Å²) in [6.45, 7) is 0.424. The Labute approximate surface area is 168 Å². The molecule has 1 heterocycles. The smallest absolute Gasteiger partial charge is 0.250 e. The highest BCUT2D eigenvalue weighted by Gasteiger charge is 2.34. The van der Waals surface area contributed by atoms with Crippen LogP contribution in [-0.4, -0.2) is 44.4 Å². The van der Waals surface area contributed by atoms with Crippen molar-refractivity contribution in [1.82, 2.24) is 9.62 Å². The number of amides is 1. The normalized spacial score (nSPS) is 18.2. The zero-order valence-electron chi connectivity index (χ0n) is 14.3. The number of nitrogens with one attached hydrogen (secondary N) is 1. The van der Waals surface area contributed by atoms with E-state index in [1.54, 1.807) is 30.3 Å². The molecule has 1 amide bonds. The van der Waals surface area contributed by atoms with Crippen molar-refractivity contribution in [3.05, 3.63) is 64.1 Å². The van der Waals surface area contributed by atoms with Crippen LogP contribution in [0.15, 0.2) is 53.4 Å². The summed E-state index contributed by atoms with van der Waals surface area (Å²) in [5, 5.41) is 3.43. The highest BCUT2D eigenvalue weighted by Crippen LogP contribution is 2.25. The van der Waals surface area contributed by atoms with Crippen molar-refractivity contribution in [2.75, 3.05) is 19.7 Å². The van der Waals surface area contributed by atoms with E-state index in [-0.39, 0.29) is 36.2 Å². The van der Waals surface area contributed by atoms with Crippen molar-refractivity contribution in [1.29, 1.82) is 0 Å². The standard InChI is InChI=1S/C18H18Cl2N2O4S/c19-14-6-2-1-5-13(14)11-21-18(23)16-12-22(9-10-26-16)27(24,25)17-8-4-3-7-15(17)20/h1-8,16H,9-12H2,(H,21,23). The first-order chi connectivity index (χ1) is 12.9. The molecule has 1 saturated heterocycles. The third-order valence-electron chi connectivity index (χ3n) is 4.19. The lowest BCUT2D eigenvalue weighted by Crippen LogP contribution is -2.51. The Kier molecular flexibility index (Phi) is 6.39. The van der Waals surface area contributed by atoms with Gasteiger partial charge in [0, 0.05) is 24.7 Å². The summed E-state index contributed by atoms with van der Waals surface area (Å²) in [6.07, 6.45) is -0.904. The minimum atomic E-state index is -3.81. The molecule has 0 saturated carbocycles. The molecule has 1 N–H and O–H groups in total. The molecule has 1 fully saturated rings. The van der Waals surface area contributed by atoms with Gasteiger partial charge in [-0.1, -0.05) is 53.5 Å². The van der Waals surface area contributed by atoms with Gasteiger partial charge >= 0.3 is 0 Å². The van der Waals surface area contributed by atoms with E-state index < -0.39 is 22.0 Å². The number of benzene rings is 2. The fourth-order valence-corrected chi connectivity index (χ4v) is 4.85. The first kappa shape index (κ1) is 20.1. The van der Waals surface area contributed by atoms with Crippen molar-refractivity contribution < 1.29 is 17.9 Å². The molecule has 0 aromatic heterocycles. The number of rotatable bonds is 5. The van der Waals surface area contributed by atoms with Gasteiger partial charge in [-0.15, -0.1) is 0 Å². The number of sulfonamides is 1. The molecule has 6 nitrogen and oxygen atoms in total. The zero-order chi connectivity index (χ0) is 19.4. The second-order valence-corrected chi connectivity index (χ2v) is 8.68. The quantitative estimate of drug-likeness (QED) is 0.793. The zero-order valence-corrected chi connectivity index (χ0v) is 16.6. The number of morpholine rings is 1. The van der Waals surface area contributed by atoms with Gasteiger partial charge in [-0.3, -0.25) is 4.79 Å². The van der Waals surface area contributed by atoms with Gasteiger partial charge in [0.15, 0.2) is 0 Å². The van der Waals surface area contributed by atoms with E-state index in [0.717, 1.165) is 5.56 Å². The Bertz CT molecular complexity index is 936. The van der Waals surface area contributed by atoms with E-state index in [2.05, 4.69) is 5.32 Å². The number of carbonyl (C=O) groups is 1. The van der Waals surface area contributed by atoms with Gasteiger partial charge in [0.1, 0.15) is 11.0 Å². The molecule has 0 bridgehead atoms. The average Bonchev–Trinajstić information content (AvgIpc) is 2.67. The average molecular weight is 429 g/mol. The lowest BCUT2D eigenvalue weighted by Gasteiger charge is -2.31. The molecule has 144 valence electrons. The Balaban J connectivity index is 1.68. The van der Waals surface area contributed by atoms with Gasteiger partial charge < -0.3 is 10.1 Å². The summed E-state index contributed by atoms with van der Waals surface area (Å²) in [6, 6.07) is 13.4. The summed E-state index contributed by atoms with van der Waals surface area (Å²) in [5.41, 5.74) is 0.767. The molecule has 9 heteroatoms. The van der Waals surface area contributed by atoms with E-state index in [0.29, 0.717) is 5.02 Å². The first-order valence-corrected chi connectivity index (χ1v) is 10.5. The number of hydrogen-bond donors (Lipinski definition) is 1.